The molecule has 9 heteroatoms. The molecule has 1 atom stereocenters. The van der Waals surface area contributed by atoms with Crippen molar-refractivity contribution in [3.8, 4) is 0 Å². The van der Waals surface area contributed by atoms with E-state index in [2.05, 4.69) is 55.6 Å². The molecule has 5 rings (SSSR count). The van der Waals surface area contributed by atoms with Crippen LogP contribution in [-0.4, -0.2) is 92.3 Å². The summed E-state index contributed by atoms with van der Waals surface area (Å²) in [5.41, 5.74) is 4.52. The van der Waals surface area contributed by atoms with Crippen molar-refractivity contribution < 1.29 is 9.53 Å². The number of hydrogen-bond acceptors (Lipinski definition) is 8. The molecule has 0 aliphatic carbocycles. The van der Waals surface area contributed by atoms with Crippen molar-refractivity contribution in [3.63, 3.8) is 0 Å². The average molecular weight is 466 g/mol. The van der Waals surface area contributed by atoms with E-state index in [-0.39, 0.29) is 5.91 Å². The van der Waals surface area contributed by atoms with Crippen LogP contribution in [0.15, 0.2) is 24.5 Å². The first-order valence-corrected chi connectivity index (χ1v) is 12.3. The van der Waals surface area contributed by atoms with Crippen LogP contribution in [0.2, 0.25) is 0 Å². The maximum atomic E-state index is 12.9. The number of nitrogens with zero attached hydrogens (tertiary/aromatic N) is 5. The molecule has 182 valence electrons. The molecule has 0 radical (unpaired) electrons. The summed E-state index contributed by atoms with van der Waals surface area (Å²) in [6.45, 7) is 6.69. The van der Waals surface area contributed by atoms with Gasteiger partial charge in [-0.3, -0.25) is 4.79 Å². The Labute approximate surface area is 201 Å². The fraction of sp³-hybridized carbons (Fsp3) is 0.560. The van der Waals surface area contributed by atoms with Gasteiger partial charge in [-0.15, -0.1) is 0 Å². The quantitative estimate of drug-likeness (QED) is 0.664. The molecule has 4 heterocycles. The van der Waals surface area contributed by atoms with Gasteiger partial charge in [0.1, 0.15) is 18.0 Å². The normalized spacial score (nSPS) is 22.2. The van der Waals surface area contributed by atoms with E-state index in [0.717, 1.165) is 81.8 Å². The number of aryl methyl sites for hydroxylation is 1. The molecule has 1 aromatic heterocycles. The topological polar surface area (TPSA) is 85.9 Å². The summed E-state index contributed by atoms with van der Waals surface area (Å²) < 4.78 is 5.56. The minimum Gasteiger partial charge on any atom is -0.378 e. The first-order valence-electron chi connectivity index (χ1n) is 12.3. The first-order chi connectivity index (χ1) is 16.6. The fourth-order valence-corrected chi connectivity index (χ4v) is 5.22. The number of aromatic nitrogens is 2. The van der Waals surface area contributed by atoms with E-state index in [1.165, 1.54) is 11.3 Å². The van der Waals surface area contributed by atoms with Crippen molar-refractivity contribution in [2.24, 2.45) is 0 Å². The Kier molecular flexibility index (Phi) is 6.82. The SMILES string of the molecule is CN1CCCN(C)C(=O)CCc2cc(ccc2N2CCOCC2)Nc2ncnc3c2C(CN3)C1. The Hall–Kier alpha value is -2.91. The number of anilines is 4. The zero-order valence-corrected chi connectivity index (χ0v) is 20.2. The molecular weight excluding hydrogens is 430 g/mol. The summed E-state index contributed by atoms with van der Waals surface area (Å²) in [5, 5.41) is 7.03. The number of benzene rings is 1. The van der Waals surface area contributed by atoms with Crippen LogP contribution in [0.1, 0.15) is 29.9 Å². The molecule has 34 heavy (non-hydrogen) atoms. The van der Waals surface area contributed by atoms with Gasteiger partial charge in [0, 0.05) is 69.0 Å². The summed E-state index contributed by atoms with van der Waals surface area (Å²) in [5.74, 6) is 2.29. The average Bonchev–Trinajstić information content (AvgIpc) is 3.26. The van der Waals surface area contributed by atoms with E-state index in [4.69, 9.17) is 4.74 Å². The lowest BCUT2D eigenvalue weighted by molar-refractivity contribution is -0.129. The number of fused-ring (bicyclic) bond motifs is 2. The number of hydrogen-bond donors (Lipinski definition) is 2. The van der Waals surface area contributed by atoms with Crippen LogP contribution in [0.4, 0.5) is 23.0 Å². The second-order valence-electron chi connectivity index (χ2n) is 9.56. The van der Waals surface area contributed by atoms with Gasteiger partial charge in [0.2, 0.25) is 5.91 Å². The number of nitrogens with one attached hydrogen (secondary N) is 2. The number of likely N-dealkylation sites (N-methyl/N-ethyl adjacent to an activating group) is 1. The van der Waals surface area contributed by atoms with Crippen LogP contribution in [0.5, 0.6) is 0 Å². The third-order valence-electron chi connectivity index (χ3n) is 7.10. The lowest BCUT2D eigenvalue weighted by atomic mass is 10.0. The zero-order chi connectivity index (χ0) is 23.5. The van der Waals surface area contributed by atoms with Crippen LogP contribution < -0.4 is 15.5 Å². The summed E-state index contributed by atoms with van der Waals surface area (Å²) in [4.78, 5) is 28.6. The molecule has 2 aromatic rings. The largest absolute Gasteiger partial charge is 0.378 e. The molecule has 9 nitrogen and oxygen atoms in total. The van der Waals surface area contributed by atoms with E-state index in [1.807, 2.05) is 11.9 Å². The number of ether oxygens (including phenoxy) is 1. The van der Waals surface area contributed by atoms with Gasteiger partial charge < -0.3 is 30.1 Å². The van der Waals surface area contributed by atoms with Crippen LogP contribution in [-0.2, 0) is 16.0 Å². The van der Waals surface area contributed by atoms with Crippen LogP contribution in [0.3, 0.4) is 0 Å². The number of rotatable bonds is 1. The van der Waals surface area contributed by atoms with Gasteiger partial charge in [-0.1, -0.05) is 0 Å². The van der Waals surface area contributed by atoms with E-state index in [9.17, 15) is 4.79 Å². The van der Waals surface area contributed by atoms with Gasteiger partial charge in [0.15, 0.2) is 0 Å². The first kappa shape index (κ1) is 22.9. The van der Waals surface area contributed by atoms with Crippen LogP contribution in [0.25, 0.3) is 0 Å². The monoisotopic (exact) mass is 465 g/mol. The Balaban J connectivity index is 1.49. The molecule has 0 saturated carbocycles. The highest BCUT2D eigenvalue weighted by atomic mass is 16.5. The van der Waals surface area contributed by atoms with E-state index >= 15 is 0 Å². The summed E-state index contributed by atoms with van der Waals surface area (Å²) >= 11 is 0. The smallest absolute Gasteiger partial charge is 0.222 e. The zero-order valence-electron chi connectivity index (χ0n) is 20.2. The Morgan fingerprint density at radius 3 is 2.71 bits per heavy atom. The molecule has 1 aromatic carbocycles. The molecule has 0 spiro atoms. The second kappa shape index (κ2) is 10.1. The van der Waals surface area contributed by atoms with Crippen molar-refractivity contribution in [1.82, 2.24) is 19.8 Å². The van der Waals surface area contributed by atoms with Crippen molar-refractivity contribution in [2.75, 3.05) is 82.1 Å². The molecule has 3 aliphatic heterocycles. The lowest BCUT2D eigenvalue weighted by Crippen LogP contribution is -2.37. The van der Waals surface area contributed by atoms with Crippen molar-refractivity contribution in [1.29, 1.82) is 0 Å². The van der Waals surface area contributed by atoms with Crippen molar-refractivity contribution in [2.45, 2.75) is 25.2 Å². The molecular formula is C25H35N7O2. The van der Waals surface area contributed by atoms with Gasteiger partial charge in [-0.05, 0) is 50.2 Å². The van der Waals surface area contributed by atoms with Crippen molar-refractivity contribution in [3.05, 3.63) is 35.7 Å². The van der Waals surface area contributed by atoms with E-state index in [1.54, 1.807) is 6.33 Å². The molecule has 2 N–H and O–H groups in total. The second-order valence-corrected chi connectivity index (χ2v) is 9.56. The number of carbonyl (C=O) groups excluding carboxylic acids is 1. The summed E-state index contributed by atoms with van der Waals surface area (Å²) in [6, 6.07) is 6.47. The molecule has 1 fully saturated rings. The summed E-state index contributed by atoms with van der Waals surface area (Å²) in [7, 11) is 4.07. The number of carbonyl (C=O) groups is 1. The maximum Gasteiger partial charge on any atom is 0.222 e. The highest BCUT2D eigenvalue weighted by Crippen LogP contribution is 2.37. The fourth-order valence-electron chi connectivity index (χ4n) is 5.22. The van der Waals surface area contributed by atoms with Gasteiger partial charge in [-0.25, -0.2) is 9.97 Å². The van der Waals surface area contributed by atoms with Crippen LogP contribution >= 0.6 is 0 Å². The lowest BCUT2D eigenvalue weighted by Gasteiger charge is -2.31. The Bertz CT molecular complexity index is 1020. The van der Waals surface area contributed by atoms with Crippen molar-refractivity contribution >= 4 is 28.9 Å². The molecule has 1 amide bonds. The van der Waals surface area contributed by atoms with E-state index in [0.29, 0.717) is 18.8 Å². The highest BCUT2D eigenvalue weighted by Gasteiger charge is 2.29. The van der Waals surface area contributed by atoms with Gasteiger partial charge in [0.05, 0.1) is 13.2 Å². The standard InChI is InChI=1S/C25H35N7O2/c1-30-8-3-9-31(2)22(33)7-4-18-14-20(5-6-21(18)32-10-12-34-13-11-32)29-25-23-19(16-30)15-26-24(23)27-17-28-25/h5-6,14,17,19H,3-4,7-13,15-16H2,1-2H3,(H2,26,27,28,29). The third kappa shape index (κ3) is 4.95. The van der Waals surface area contributed by atoms with Gasteiger partial charge in [-0.2, -0.15) is 0 Å². The van der Waals surface area contributed by atoms with Crippen LogP contribution in [0, 0.1) is 0 Å². The minimum absolute atomic E-state index is 0.198. The molecule has 2 bridgehead atoms. The predicted octanol–water partition coefficient (Wildman–Crippen LogP) is 2.29. The highest BCUT2D eigenvalue weighted by molar-refractivity contribution is 5.77. The molecule has 1 unspecified atom stereocenters. The summed E-state index contributed by atoms with van der Waals surface area (Å²) in [6.07, 6.45) is 3.78. The number of amides is 1. The third-order valence-corrected chi connectivity index (χ3v) is 7.10. The Morgan fingerprint density at radius 1 is 1.03 bits per heavy atom. The van der Waals surface area contributed by atoms with E-state index < -0.39 is 0 Å². The number of morpholine rings is 1. The molecule has 1 saturated heterocycles. The van der Waals surface area contributed by atoms with Gasteiger partial charge >= 0.3 is 0 Å². The minimum atomic E-state index is 0.198. The van der Waals surface area contributed by atoms with Gasteiger partial charge in [0.25, 0.3) is 0 Å². The Morgan fingerprint density at radius 2 is 1.85 bits per heavy atom. The predicted molar refractivity (Wildman–Crippen MR) is 134 cm³/mol. The maximum absolute atomic E-state index is 12.9. The molecule has 3 aliphatic rings.